The molecule has 1 aromatic rings. The second-order valence-electron chi connectivity index (χ2n) is 2.78. The van der Waals surface area contributed by atoms with Crippen LogP contribution in [0, 0.1) is 0 Å². The van der Waals surface area contributed by atoms with Gasteiger partial charge in [0, 0.05) is 10.0 Å². The van der Waals surface area contributed by atoms with E-state index in [1.54, 1.807) is 25.1 Å². The number of rotatable bonds is 2. The Labute approximate surface area is 90.2 Å². The molecule has 1 atom stereocenters. The third-order valence-electron chi connectivity index (χ3n) is 1.61. The molecule has 1 aromatic carbocycles. The van der Waals surface area contributed by atoms with Crippen molar-refractivity contribution in [3.63, 3.8) is 0 Å². The molecule has 0 saturated heterocycles. The van der Waals surface area contributed by atoms with Gasteiger partial charge < -0.3 is 5.73 Å². The molecule has 0 bridgehead atoms. The van der Waals surface area contributed by atoms with Crippen molar-refractivity contribution in [2.75, 3.05) is 0 Å². The van der Waals surface area contributed by atoms with E-state index in [1.807, 2.05) is 0 Å². The number of hydrogen-bond acceptors (Lipinski definition) is 2. The van der Waals surface area contributed by atoms with Gasteiger partial charge in [-0.3, -0.25) is 4.79 Å². The van der Waals surface area contributed by atoms with E-state index in [2.05, 4.69) is 15.9 Å². The van der Waals surface area contributed by atoms with Crippen molar-refractivity contribution in [3.05, 3.63) is 33.3 Å². The Bertz CT molecular complexity index is 338. The smallest absolute Gasteiger partial charge is 0.180 e. The predicted molar refractivity (Wildman–Crippen MR) is 57.1 cm³/mol. The monoisotopic (exact) mass is 261 g/mol. The maximum atomic E-state index is 11.5. The van der Waals surface area contributed by atoms with Crippen LogP contribution in [0.15, 0.2) is 22.7 Å². The fourth-order valence-electron chi connectivity index (χ4n) is 0.935. The molecular weight excluding hydrogens is 253 g/mol. The first-order valence-corrected chi connectivity index (χ1v) is 4.94. The van der Waals surface area contributed by atoms with Gasteiger partial charge in [-0.2, -0.15) is 0 Å². The number of carbonyl (C=O) groups is 1. The minimum Gasteiger partial charge on any atom is -0.321 e. The van der Waals surface area contributed by atoms with Crippen molar-refractivity contribution >= 4 is 33.3 Å². The number of hydrogen-bond donors (Lipinski definition) is 1. The summed E-state index contributed by atoms with van der Waals surface area (Å²) in [5.41, 5.74) is 5.93. The largest absolute Gasteiger partial charge is 0.321 e. The molecule has 13 heavy (non-hydrogen) atoms. The maximum absolute atomic E-state index is 11.5. The van der Waals surface area contributed by atoms with Crippen molar-refractivity contribution in [1.82, 2.24) is 0 Å². The molecule has 0 spiro atoms. The Hall–Kier alpha value is -0.380. The molecule has 0 saturated carbocycles. The minimum atomic E-state index is -0.515. The number of nitrogens with two attached hydrogens (primary N) is 1. The predicted octanol–water partition coefficient (Wildman–Crippen LogP) is 2.63. The molecule has 70 valence electrons. The molecule has 0 aliphatic rings. The van der Waals surface area contributed by atoms with Crippen molar-refractivity contribution in [2.24, 2.45) is 5.73 Å². The summed E-state index contributed by atoms with van der Waals surface area (Å²) in [6, 6.07) is 4.59. The van der Waals surface area contributed by atoms with E-state index in [4.69, 9.17) is 17.3 Å². The van der Waals surface area contributed by atoms with E-state index in [0.29, 0.717) is 10.6 Å². The molecule has 0 aliphatic heterocycles. The number of halogens is 2. The summed E-state index contributed by atoms with van der Waals surface area (Å²) in [4.78, 5) is 11.5. The normalized spacial score (nSPS) is 12.6. The van der Waals surface area contributed by atoms with Crippen LogP contribution in [0.3, 0.4) is 0 Å². The zero-order chi connectivity index (χ0) is 10.0. The highest BCUT2D eigenvalue weighted by Gasteiger charge is 2.13. The summed E-state index contributed by atoms with van der Waals surface area (Å²) in [7, 11) is 0. The summed E-state index contributed by atoms with van der Waals surface area (Å²) >= 11 is 9.12. The van der Waals surface area contributed by atoms with Gasteiger partial charge in [-0.1, -0.05) is 27.5 Å². The summed E-state index contributed by atoms with van der Waals surface area (Å²) in [5.74, 6) is -0.141. The van der Waals surface area contributed by atoms with Gasteiger partial charge in [0.1, 0.15) is 0 Å². The average Bonchev–Trinajstić information content (AvgIpc) is 2.03. The summed E-state index contributed by atoms with van der Waals surface area (Å²) in [5, 5.41) is 0.427. The lowest BCUT2D eigenvalue weighted by Gasteiger charge is -2.06. The lowest BCUT2D eigenvalue weighted by Crippen LogP contribution is -2.26. The van der Waals surface area contributed by atoms with E-state index >= 15 is 0 Å². The lowest BCUT2D eigenvalue weighted by atomic mass is 10.1. The van der Waals surface area contributed by atoms with Gasteiger partial charge >= 0.3 is 0 Å². The van der Waals surface area contributed by atoms with Crippen LogP contribution in [0.1, 0.15) is 17.3 Å². The zero-order valence-corrected chi connectivity index (χ0v) is 9.39. The van der Waals surface area contributed by atoms with Crippen LogP contribution >= 0.6 is 27.5 Å². The van der Waals surface area contributed by atoms with Gasteiger partial charge in [-0.05, 0) is 25.1 Å². The van der Waals surface area contributed by atoms with Crippen LogP contribution in [0.4, 0.5) is 0 Å². The number of carbonyl (C=O) groups excluding carboxylic acids is 1. The van der Waals surface area contributed by atoms with E-state index in [9.17, 15) is 4.79 Å². The molecule has 1 unspecified atom stereocenters. The Kier molecular flexibility index (Phi) is 3.47. The number of Topliss-reactive ketones (excluding diaryl/α,β-unsaturated/α-hetero) is 1. The van der Waals surface area contributed by atoms with E-state index in [1.165, 1.54) is 0 Å². The Morgan fingerprint density at radius 1 is 1.62 bits per heavy atom. The SMILES string of the molecule is CC(N)C(=O)c1ccc(Br)cc1Cl. The van der Waals surface area contributed by atoms with Gasteiger partial charge in [0.25, 0.3) is 0 Å². The molecule has 2 N–H and O–H groups in total. The fraction of sp³-hybridized carbons (Fsp3) is 0.222. The molecule has 1 rings (SSSR count). The maximum Gasteiger partial charge on any atom is 0.180 e. The van der Waals surface area contributed by atoms with E-state index in [0.717, 1.165) is 4.47 Å². The van der Waals surface area contributed by atoms with Gasteiger partial charge in [-0.15, -0.1) is 0 Å². The molecule has 0 amide bonds. The molecule has 2 nitrogen and oxygen atoms in total. The molecular formula is C9H9BrClNO. The molecule has 0 aliphatic carbocycles. The van der Waals surface area contributed by atoms with Gasteiger partial charge in [-0.25, -0.2) is 0 Å². The van der Waals surface area contributed by atoms with E-state index < -0.39 is 6.04 Å². The zero-order valence-electron chi connectivity index (χ0n) is 7.05. The second kappa shape index (κ2) is 4.22. The quantitative estimate of drug-likeness (QED) is 0.833. The first-order chi connectivity index (χ1) is 6.02. The van der Waals surface area contributed by atoms with Crippen LogP contribution in [-0.2, 0) is 0 Å². The first kappa shape index (κ1) is 10.7. The average molecular weight is 263 g/mol. The molecule has 0 radical (unpaired) electrons. The highest BCUT2D eigenvalue weighted by atomic mass is 79.9. The third kappa shape index (κ3) is 2.53. The molecule has 0 aromatic heterocycles. The second-order valence-corrected chi connectivity index (χ2v) is 4.10. The Morgan fingerprint density at radius 3 is 2.69 bits per heavy atom. The third-order valence-corrected chi connectivity index (χ3v) is 2.42. The number of ketones is 1. The molecule has 0 heterocycles. The van der Waals surface area contributed by atoms with Crippen LogP contribution in [0.5, 0.6) is 0 Å². The van der Waals surface area contributed by atoms with Crippen LogP contribution in [0.25, 0.3) is 0 Å². The summed E-state index contributed by atoms with van der Waals surface area (Å²) in [6.45, 7) is 1.64. The van der Waals surface area contributed by atoms with Crippen LogP contribution in [0.2, 0.25) is 5.02 Å². The lowest BCUT2D eigenvalue weighted by molar-refractivity contribution is 0.0968. The summed E-state index contributed by atoms with van der Waals surface area (Å²) in [6.07, 6.45) is 0. The van der Waals surface area contributed by atoms with Crippen molar-refractivity contribution in [1.29, 1.82) is 0 Å². The summed E-state index contributed by atoms with van der Waals surface area (Å²) < 4.78 is 0.846. The highest BCUT2D eigenvalue weighted by Crippen LogP contribution is 2.22. The highest BCUT2D eigenvalue weighted by molar-refractivity contribution is 9.10. The molecule has 4 heteroatoms. The van der Waals surface area contributed by atoms with Gasteiger partial charge in [0.2, 0.25) is 0 Å². The van der Waals surface area contributed by atoms with Crippen LogP contribution < -0.4 is 5.73 Å². The van der Waals surface area contributed by atoms with Crippen LogP contribution in [-0.4, -0.2) is 11.8 Å². The van der Waals surface area contributed by atoms with Crippen molar-refractivity contribution in [2.45, 2.75) is 13.0 Å². The number of benzene rings is 1. The standard InChI is InChI=1S/C9H9BrClNO/c1-5(12)9(13)7-3-2-6(10)4-8(7)11/h2-5H,12H2,1H3. The first-order valence-electron chi connectivity index (χ1n) is 3.77. The minimum absolute atomic E-state index is 0.141. The van der Waals surface area contributed by atoms with Gasteiger partial charge in [0.05, 0.1) is 11.1 Å². The molecule has 0 fully saturated rings. The topological polar surface area (TPSA) is 43.1 Å². The Morgan fingerprint density at radius 2 is 2.23 bits per heavy atom. The Balaban J connectivity index is 3.09. The van der Waals surface area contributed by atoms with E-state index in [-0.39, 0.29) is 5.78 Å². The van der Waals surface area contributed by atoms with Gasteiger partial charge in [0.15, 0.2) is 5.78 Å². The van der Waals surface area contributed by atoms with Crippen molar-refractivity contribution in [3.8, 4) is 0 Å². The fourth-order valence-corrected chi connectivity index (χ4v) is 1.70. The van der Waals surface area contributed by atoms with Crippen molar-refractivity contribution < 1.29 is 4.79 Å².